The number of methoxy groups -OCH3 is 1. The van der Waals surface area contributed by atoms with Crippen LogP contribution in [0.2, 0.25) is 0 Å². The number of hydrogen-bond acceptors (Lipinski definition) is 3. The summed E-state index contributed by atoms with van der Waals surface area (Å²) >= 11 is 1.84. The summed E-state index contributed by atoms with van der Waals surface area (Å²) in [6.07, 6.45) is 0. The summed E-state index contributed by atoms with van der Waals surface area (Å²) in [6, 6.07) is 16.8. The van der Waals surface area contributed by atoms with E-state index in [0.29, 0.717) is 0 Å². The molecule has 0 aliphatic rings. The van der Waals surface area contributed by atoms with E-state index in [-0.39, 0.29) is 0 Å². The zero-order valence-electron chi connectivity index (χ0n) is 11.9. The number of anilines is 1. The van der Waals surface area contributed by atoms with E-state index in [9.17, 15) is 0 Å². The highest BCUT2D eigenvalue weighted by Crippen LogP contribution is 2.44. The summed E-state index contributed by atoms with van der Waals surface area (Å²) in [5, 5.41) is 1.31. The van der Waals surface area contributed by atoms with E-state index in [0.717, 1.165) is 5.75 Å². The van der Waals surface area contributed by atoms with Crippen molar-refractivity contribution < 1.29 is 4.74 Å². The second kappa shape index (κ2) is 5.17. The van der Waals surface area contributed by atoms with Gasteiger partial charge in [0.2, 0.25) is 0 Å². The predicted molar refractivity (Wildman–Crippen MR) is 88.1 cm³/mol. The van der Waals surface area contributed by atoms with Gasteiger partial charge >= 0.3 is 0 Å². The summed E-state index contributed by atoms with van der Waals surface area (Å²) in [5.41, 5.74) is 2.52. The minimum Gasteiger partial charge on any atom is -0.497 e. The molecule has 0 amide bonds. The van der Waals surface area contributed by atoms with Gasteiger partial charge in [0, 0.05) is 24.2 Å². The summed E-state index contributed by atoms with van der Waals surface area (Å²) in [6.45, 7) is 0. The number of thiophene rings is 1. The molecule has 0 N–H and O–H groups in total. The van der Waals surface area contributed by atoms with Gasteiger partial charge in [-0.2, -0.15) is 0 Å². The monoisotopic (exact) mass is 283 g/mol. The second-order valence-corrected chi connectivity index (χ2v) is 5.95. The largest absolute Gasteiger partial charge is 0.497 e. The molecule has 0 atom stereocenters. The number of ether oxygens (including phenoxy) is 1. The molecular formula is C17H17NOS. The van der Waals surface area contributed by atoms with Gasteiger partial charge in [0.05, 0.1) is 17.7 Å². The third-order valence-electron chi connectivity index (χ3n) is 3.37. The fourth-order valence-electron chi connectivity index (χ4n) is 2.41. The Morgan fingerprint density at radius 1 is 0.950 bits per heavy atom. The van der Waals surface area contributed by atoms with Gasteiger partial charge < -0.3 is 9.64 Å². The van der Waals surface area contributed by atoms with Gasteiger partial charge in [0.1, 0.15) is 5.75 Å². The molecule has 0 bridgehead atoms. The number of nitrogens with zero attached hydrogens (tertiary/aromatic N) is 1. The molecule has 0 spiro atoms. The Hall–Kier alpha value is -2.00. The lowest BCUT2D eigenvalue weighted by Gasteiger charge is -2.14. The van der Waals surface area contributed by atoms with E-state index in [1.807, 2.05) is 23.5 Å². The first-order chi connectivity index (χ1) is 9.70. The van der Waals surface area contributed by atoms with Crippen LogP contribution < -0.4 is 9.64 Å². The van der Waals surface area contributed by atoms with Crippen molar-refractivity contribution >= 4 is 27.1 Å². The van der Waals surface area contributed by atoms with E-state index < -0.39 is 0 Å². The minimum atomic E-state index is 0.890. The van der Waals surface area contributed by atoms with Gasteiger partial charge in [0.15, 0.2) is 0 Å². The molecule has 1 heterocycles. The summed E-state index contributed by atoms with van der Waals surface area (Å²) in [5.74, 6) is 0.890. The van der Waals surface area contributed by atoms with Gasteiger partial charge in [0.25, 0.3) is 0 Å². The maximum atomic E-state index is 5.23. The average molecular weight is 283 g/mol. The Balaban J connectivity index is 2.21. The molecule has 2 nitrogen and oxygen atoms in total. The lowest BCUT2D eigenvalue weighted by atomic mass is 10.1. The average Bonchev–Trinajstić information content (AvgIpc) is 2.86. The van der Waals surface area contributed by atoms with E-state index in [2.05, 4.69) is 55.4 Å². The molecule has 3 aromatic rings. The van der Waals surface area contributed by atoms with Gasteiger partial charge in [-0.3, -0.25) is 0 Å². The van der Waals surface area contributed by atoms with Crippen LogP contribution in [0.1, 0.15) is 0 Å². The van der Waals surface area contributed by atoms with Crippen LogP contribution in [0.4, 0.5) is 5.69 Å². The van der Waals surface area contributed by atoms with Crippen LogP contribution in [0, 0.1) is 0 Å². The zero-order valence-corrected chi connectivity index (χ0v) is 12.7. The van der Waals surface area contributed by atoms with E-state index in [1.54, 1.807) is 7.11 Å². The SMILES string of the molecule is COc1ccc(-c2sc3ccccc3c2N(C)C)cc1. The highest BCUT2D eigenvalue weighted by Gasteiger charge is 2.15. The van der Waals surface area contributed by atoms with Crippen LogP contribution in [0.5, 0.6) is 5.75 Å². The predicted octanol–water partition coefficient (Wildman–Crippen LogP) is 4.64. The van der Waals surface area contributed by atoms with E-state index in [1.165, 1.54) is 26.2 Å². The molecule has 3 rings (SSSR count). The molecule has 1 aromatic heterocycles. The molecule has 0 radical (unpaired) electrons. The van der Waals surface area contributed by atoms with Crippen LogP contribution in [0.25, 0.3) is 20.5 Å². The van der Waals surface area contributed by atoms with Gasteiger partial charge in [-0.25, -0.2) is 0 Å². The number of fused-ring (bicyclic) bond motifs is 1. The maximum Gasteiger partial charge on any atom is 0.118 e. The van der Waals surface area contributed by atoms with Crippen molar-refractivity contribution in [2.75, 3.05) is 26.1 Å². The van der Waals surface area contributed by atoms with Crippen molar-refractivity contribution in [1.29, 1.82) is 0 Å². The molecule has 0 saturated carbocycles. The van der Waals surface area contributed by atoms with Crippen molar-refractivity contribution in [3.63, 3.8) is 0 Å². The molecule has 20 heavy (non-hydrogen) atoms. The van der Waals surface area contributed by atoms with Gasteiger partial charge in [-0.05, 0) is 35.9 Å². The molecule has 2 aromatic carbocycles. The Kier molecular flexibility index (Phi) is 3.36. The van der Waals surface area contributed by atoms with Crippen LogP contribution in [-0.2, 0) is 0 Å². The molecule has 0 fully saturated rings. The second-order valence-electron chi connectivity index (χ2n) is 4.90. The topological polar surface area (TPSA) is 12.5 Å². The van der Waals surface area contributed by atoms with Crippen molar-refractivity contribution in [2.45, 2.75) is 0 Å². The first-order valence-corrected chi connectivity index (χ1v) is 7.35. The molecule has 0 aliphatic heterocycles. The molecule has 102 valence electrons. The molecule has 3 heteroatoms. The molecule has 0 saturated heterocycles. The van der Waals surface area contributed by atoms with Crippen molar-refractivity contribution in [1.82, 2.24) is 0 Å². The Bertz CT molecular complexity index is 728. The molecule has 0 unspecified atom stereocenters. The van der Waals surface area contributed by atoms with E-state index >= 15 is 0 Å². The third kappa shape index (κ3) is 2.14. The van der Waals surface area contributed by atoms with Gasteiger partial charge in [-0.15, -0.1) is 11.3 Å². The quantitative estimate of drug-likeness (QED) is 0.694. The first-order valence-electron chi connectivity index (χ1n) is 6.54. The van der Waals surface area contributed by atoms with Crippen LogP contribution in [0.15, 0.2) is 48.5 Å². The molecule has 0 aliphatic carbocycles. The number of benzene rings is 2. The number of hydrogen-bond donors (Lipinski definition) is 0. The van der Waals surface area contributed by atoms with Gasteiger partial charge in [-0.1, -0.05) is 18.2 Å². The first kappa shape index (κ1) is 13.0. The summed E-state index contributed by atoms with van der Waals surface area (Å²) < 4.78 is 6.56. The van der Waals surface area contributed by atoms with Crippen molar-refractivity contribution in [3.05, 3.63) is 48.5 Å². The van der Waals surface area contributed by atoms with Crippen LogP contribution in [-0.4, -0.2) is 21.2 Å². The standard InChI is InChI=1S/C17H17NOS/c1-18(2)16-14-6-4-5-7-15(14)20-17(16)12-8-10-13(19-3)11-9-12/h4-11H,1-3H3. The van der Waals surface area contributed by atoms with Crippen LogP contribution >= 0.6 is 11.3 Å². The fraction of sp³-hybridized carbons (Fsp3) is 0.176. The lowest BCUT2D eigenvalue weighted by molar-refractivity contribution is 0.415. The lowest BCUT2D eigenvalue weighted by Crippen LogP contribution is -2.08. The Labute approximate surface area is 123 Å². The Morgan fingerprint density at radius 3 is 2.30 bits per heavy atom. The summed E-state index contributed by atoms with van der Waals surface area (Å²) in [4.78, 5) is 3.50. The van der Waals surface area contributed by atoms with Crippen molar-refractivity contribution in [2.24, 2.45) is 0 Å². The van der Waals surface area contributed by atoms with Crippen LogP contribution in [0.3, 0.4) is 0 Å². The maximum absolute atomic E-state index is 5.23. The smallest absolute Gasteiger partial charge is 0.118 e. The minimum absolute atomic E-state index is 0.890. The Morgan fingerprint density at radius 2 is 1.65 bits per heavy atom. The van der Waals surface area contributed by atoms with E-state index in [4.69, 9.17) is 4.74 Å². The van der Waals surface area contributed by atoms with Crippen molar-refractivity contribution in [3.8, 4) is 16.2 Å². The normalized spacial score (nSPS) is 10.8. The zero-order chi connectivity index (χ0) is 14.1. The molecular weight excluding hydrogens is 266 g/mol. The fourth-order valence-corrected chi connectivity index (χ4v) is 3.70. The third-order valence-corrected chi connectivity index (χ3v) is 4.58. The number of rotatable bonds is 3. The highest BCUT2D eigenvalue weighted by molar-refractivity contribution is 7.23. The highest BCUT2D eigenvalue weighted by atomic mass is 32.1. The summed E-state index contributed by atoms with van der Waals surface area (Å²) in [7, 11) is 5.89.